The Labute approximate surface area is 390 Å². The largest absolute Gasteiger partial charge is 0.449 e. The highest BCUT2D eigenvalue weighted by Gasteiger charge is 2.57. The van der Waals surface area contributed by atoms with Crippen molar-refractivity contribution in [3.63, 3.8) is 0 Å². The van der Waals surface area contributed by atoms with Crippen molar-refractivity contribution >= 4 is 66.2 Å². The van der Waals surface area contributed by atoms with Crippen molar-refractivity contribution in [1.82, 2.24) is 9.13 Å². The summed E-state index contributed by atoms with van der Waals surface area (Å²) in [4.78, 5) is 54.4. The van der Waals surface area contributed by atoms with Gasteiger partial charge in [0.1, 0.15) is 5.41 Å². The molecule has 4 aromatic heterocycles. The van der Waals surface area contributed by atoms with Gasteiger partial charge >= 0.3 is 6.18 Å². The number of halogens is 3. The van der Waals surface area contributed by atoms with Crippen LogP contribution in [0.25, 0.3) is 71.9 Å². The molecule has 0 amide bonds. The Hall–Kier alpha value is -7.41. The lowest BCUT2D eigenvalue weighted by Crippen LogP contribution is -2.41. The fourth-order valence-electron chi connectivity index (χ4n) is 12.0. The molecule has 2 aliphatic carbocycles. The number of hydrogen-bond acceptors (Lipinski definition) is 8. The number of rotatable bonds is 3. The molecule has 13 heteroatoms. The van der Waals surface area contributed by atoms with Gasteiger partial charge in [-0.1, -0.05) is 58.0 Å². The molecule has 2 atom stereocenters. The zero-order valence-electron chi connectivity index (χ0n) is 39.3. The van der Waals surface area contributed by atoms with E-state index in [9.17, 15) is 19.2 Å². The number of fused-ring (bicyclic) bond motifs is 10. The van der Waals surface area contributed by atoms with E-state index in [1.165, 1.54) is 49.5 Å². The van der Waals surface area contributed by atoms with Gasteiger partial charge in [0.15, 0.2) is 44.7 Å². The summed E-state index contributed by atoms with van der Waals surface area (Å²) >= 11 is 0. The third-order valence-electron chi connectivity index (χ3n) is 15.8. The van der Waals surface area contributed by atoms with Gasteiger partial charge in [0.05, 0.1) is 27.2 Å². The van der Waals surface area contributed by atoms with Gasteiger partial charge in [-0.25, -0.2) is 4.57 Å². The number of aromatic nitrogens is 2. The maximum Gasteiger partial charge on any atom is 0.402 e. The molecule has 10 nitrogen and oxygen atoms in total. The van der Waals surface area contributed by atoms with Crippen molar-refractivity contribution in [3.8, 4) is 5.69 Å². The van der Waals surface area contributed by atoms with E-state index in [0.29, 0.717) is 44.6 Å². The summed E-state index contributed by atoms with van der Waals surface area (Å²) in [5.74, 6) is 0. The Kier molecular flexibility index (Phi) is 8.35. The Balaban J connectivity index is 1.01. The van der Waals surface area contributed by atoms with Gasteiger partial charge < -0.3 is 17.7 Å². The average molecular weight is 931 g/mol. The van der Waals surface area contributed by atoms with Crippen LogP contribution in [0, 0.1) is 20.8 Å². The van der Waals surface area contributed by atoms with Gasteiger partial charge in [-0.3, -0.25) is 23.7 Å². The number of aryl methyl sites for hydroxylation is 3. The maximum absolute atomic E-state index is 15.2. The van der Waals surface area contributed by atoms with E-state index in [1.807, 2.05) is 31.2 Å². The summed E-state index contributed by atoms with van der Waals surface area (Å²) in [5.41, 5.74) is 3.40. The molecule has 1 spiro atoms. The molecule has 0 radical (unpaired) electrons. The molecule has 0 N–H and O–H groups in total. The molecule has 10 aromatic rings. The predicted molar refractivity (Wildman–Crippen MR) is 260 cm³/mol. The first-order valence-electron chi connectivity index (χ1n) is 22.8. The van der Waals surface area contributed by atoms with Crippen LogP contribution >= 0.6 is 0 Å². The van der Waals surface area contributed by atoms with Crippen LogP contribution in [0.1, 0.15) is 97.5 Å². The lowest BCUT2D eigenvalue weighted by Gasteiger charge is -2.34. The second-order valence-corrected chi connectivity index (χ2v) is 21.0. The first kappa shape index (κ1) is 42.9. The van der Waals surface area contributed by atoms with Crippen LogP contribution in [-0.4, -0.2) is 15.3 Å². The van der Waals surface area contributed by atoms with E-state index < -0.39 is 39.2 Å². The van der Waals surface area contributed by atoms with E-state index in [-0.39, 0.29) is 60.4 Å². The fourth-order valence-corrected chi connectivity index (χ4v) is 12.0. The topological polar surface area (TPSA) is 131 Å². The molecule has 2 unspecified atom stereocenters. The van der Waals surface area contributed by atoms with Gasteiger partial charge in [-0.2, -0.15) is 13.2 Å². The Morgan fingerprint density at radius 3 is 1.25 bits per heavy atom. The highest BCUT2D eigenvalue weighted by molar-refractivity contribution is 5.96. The van der Waals surface area contributed by atoms with Crippen molar-refractivity contribution in [2.24, 2.45) is 7.05 Å². The van der Waals surface area contributed by atoms with E-state index in [0.717, 1.165) is 56.7 Å². The van der Waals surface area contributed by atoms with Gasteiger partial charge in [0.2, 0.25) is 0 Å². The highest BCUT2D eigenvalue weighted by Crippen LogP contribution is 2.64. The smallest absolute Gasteiger partial charge is 0.402 e. The van der Waals surface area contributed by atoms with E-state index >= 15 is 13.2 Å². The van der Waals surface area contributed by atoms with Crippen LogP contribution in [0.2, 0.25) is 0 Å². The second kappa shape index (κ2) is 13.4. The minimum Gasteiger partial charge on any atom is -0.449 e. The third kappa shape index (κ3) is 5.67. The van der Waals surface area contributed by atoms with Crippen molar-refractivity contribution in [1.29, 1.82) is 0 Å². The van der Waals surface area contributed by atoms with Crippen molar-refractivity contribution in [2.75, 3.05) is 0 Å². The van der Waals surface area contributed by atoms with Crippen LogP contribution in [-0.2, 0) is 28.7 Å². The van der Waals surface area contributed by atoms with Crippen molar-refractivity contribution < 1.29 is 30.8 Å². The maximum atomic E-state index is 15.2. The second-order valence-electron chi connectivity index (χ2n) is 21.0. The molecule has 6 aromatic carbocycles. The summed E-state index contributed by atoms with van der Waals surface area (Å²) < 4.78 is 73.8. The first-order valence-corrected chi connectivity index (χ1v) is 22.8. The Morgan fingerprint density at radius 1 is 0.478 bits per heavy atom. The van der Waals surface area contributed by atoms with Gasteiger partial charge in [0.25, 0.3) is 22.2 Å². The van der Waals surface area contributed by atoms with Crippen LogP contribution in [0.5, 0.6) is 0 Å². The summed E-state index contributed by atoms with van der Waals surface area (Å²) in [7, 11) is 1.45. The molecule has 69 heavy (non-hydrogen) atoms. The van der Waals surface area contributed by atoms with Crippen molar-refractivity contribution in [2.45, 2.75) is 96.1 Å². The standard InChI is InChI=1S/C56H45F3N2O8/c1-26-10-12-29(14-28(26)3)54(8,56(57,58)59)30-13-11-27(2)39(15-30)61-50(64)33-18-42-43(19-34(33)51(61)65)69-47-23-38-36(21-45(47)67-42)53(6,7)25-55(38)24-52(4,5)35-20-44-46(22-37(35)55)68-41-17-32-31(16-40(41)66-44)48(62)60(9)49(32)63/h10-23H,24-25H2,1-9H3. The quantitative estimate of drug-likeness (QED) is 0.160. The fraction of sp³-hybridized carbons (Fsp3) is 0.286. The van der Waals surface area contributed by atoms with Crippen LogP contribution in [0.15, 0.2) is 122 Å². The zero-order chi connectivity index (χ0) is 48.8. The Morgan fingerprint density at radius 2 is 0.841 bits per heavy atom. The molecule has 12 rings (SSSR count). The minimum absolute atomic E-state index is 0.0371. The molecule has 0 saturated heterocycles. The lowest BCUT2D eigenvalue weighted by atomic mass is 9.72. The predicted octanol–water partition coefficient (Wildman–Crippen LogP) is 12.0. The van der Waals surface area contributed by atoms with E-state index in [4.69, 9.17) is 17.7 Å². The number of alkyl halides is 3. The summed E-state index contributed by atoms with van der Waals surface area (Å²) in [6, 6.07) is 23.0. The summed E-state index contributed by atoms with van der Waals surface area (Å²) in [6.07, 6.45) is -3.23. The van der Waals surface area contributed by atoms with Crippen LogP contribution in [0.4, 0.5) is 13.2 Å². The van der Waals surface area contributed by atoms with E-state index in [2.05, 4.69) is 27.7 Å². The lowest BCUT2D eigenvalue weighted by molar-refractivity contribution is -0.173. The number of nitrogens with zero attached hydrogens (tertiary/aromatic N) is 2. The molecule has 348 valence electrons. The molecular weight excluding hydrogens is 886 g/mol. The molecule has 0 aliphatic heterocycles. The molecule has 2 aliphatic rings. The highest BCUT2D eigenvalue weighted by atomic mass is 19.4. The van der Waals surface area contributed by atoms with Gasteiger partial charge in [-0.05, 0) is 156 Å². The zero-order valence-corrected chi connectivity index (χ0v) is 39.3. The number of benzene rings is 6. The number of hydrogen-bond donors (Lipinski definition) is 0. The average Bonchev–Trinajstić information content (AvgIpc) is 3.84. The van der Waals surface area contributed by atoms with Gasteiger partial charge in [-0.15, -0.1) is 0 Å². The minimum atomic E-state index is -4.72. The first-order chi connectivity index (χ1) is 32.4. The van der Waals surface area contributed by atoms with Crippen molar-refractivity contribution in [3.05, 3.63) is 176 Å². The summed E-state index contributed by atoms with van der Waals surface area (Å²) in [5, 5.41) is 0.604. The molecule has 0 saturated carbocycles. The van der Waals surface area contributed by atoms with Crippen LogP contribution in [0.3, 0.4) is 0 Å². The molecule has 0 fully saturated rings. The van der Waals surface area contributed by atoms with E-state index in [1.54, 1.807) is 32.0 Å². The normalized spacial score (nSPS) is 18.4. The molecular formula is C56H45F3N2O8. The van der Waals surface area contributed by atoms with Gasteiger partial charge in [0, 0.05) is 12.5 Å². The summed E-state index contributed by atoms with van der Waals surface area (Å²) in [6.45, 7) is 15.2. The monoisotopic (exact) mass is 930 g/mol. The third-order valence-corrected chi connectivity index (χ3v) is 15.8. The SMILES string of the molecule is Cc1ccc(C(C)(c2ccc(C)c(-n3c(=O)c4cc5oc6cc7c(cc6oc5cc4c3=O)C3(CC(C)(C)c4cc5oc6cc8c(=O)n(C)c(=O)c8cc6oc5cc43)CC7(C)C)c2)C(F)(F)F)cc1C. The molecule has 4 heterocycles. The Bertz CT molecular complexity index is 4250. The van der Waals surface area contributed by atoms with Crippen LogP contribution < -0.4 is 22.2 Å². The molecule has 0 bridgehead atoms.